The molecule has 0 bridgehead atoms. The van der Waals surface area contributed by atoms with E-state index in [1.54, 1.807) is 0 Å². The standard InChI is InChI=1S/C65H126O17P2/c1-7-11-13-15-28-37-43-49-64(69)81-60(53-75-62(67)47-41-33-14-12-8-2)55-79-83(71,72)77-51-59(66)52-78-84(73,74)80-56-61(54-76-63(68)48-42-36-31-26-23-22-25-30-35-40-46-58(6)10-4)82-65(70)50-44-38-32-27-21-19-17-16-18-20-24-29-34-39-45-57(5)9-3/h57-61,66H,7-56H2,1-6H3,(H,71,72)(H,73,74)/t57?,58?,59-,60+,61+/m0/s1. The Morgan fingerprint density at radius 1 is 0.333 bits per heavy atom. The van der Waals surface area contributed by atoms with Crippen LogP contribution in [0.4, 0.5) is 0 Å². The molecule has 0 fully saturated rings. The first-order valence-corrected chi connectivity index (χ1v) is 37.1. The molecule has 7 atom stereocenters. The van der Waals surface area contributed by atoms with Gasteiger partial charge in [-0.2, -0.15) is 0 Å². The number of aliphatic hydroxyl groups is 1. The molecule has 0 aliphatic rings. The summed E-state index contributed by atoms with van der Waals surface area (Å²) in [5.74, 6) is -0.492. The largest absolute Gasteiger partial charge is 0.472 e. The molecule has 498 valence electrons. The van der Waals surface area contributed by atoms with Crippen molar-refractivity contribution >= 4 is 39.5 Å². The van der Waals surface area contributed by atoms with E-state index in [1.165, 1.54) is 122 Å². The summed E-state index contributed by atoms with van der Waals surface area (Å²) in [5, 5.41) is 10.5. The molecule has 0 heterocycles. The quantitative estimate of drug-likeness (QED) is 0.0222. The van der Waals surface area contributed by atoms with Gasteiger partial charge in [0.25, 0.3) is 0 Å². The molecular formula is C65H126O17P2. The van der Waals surface area contributed by atoms with Crippen LogP contribution in [-0.4, -0.2) is 96.7 Å². The highest BCUT2D eigenvalue weighted by Crippen LogP contribution is 2.45. The minimum Gasteiger partial charge on any atom is -0.462 e. The van der Waals surface area contributed by atoms with E-state index in [1.807, 2.05) is 0 Å². The Kier molecular flexibility index (Phi) is 56.2. The summed E-state index contributed by atoms with van der Waals surface area (Å²) >= 11 is 0. The fourth-order valence-corrected chi connectivity index (χ4v) is 11.2. The zero-order valence-corrected chi connectivity index (χ0v) is 56.0. The first kappa shape index (κ1) is 82.1. The topological polar surface area (TPSA) is 237 Å². The Morgan fingerprint density at radius 2 is 0.571 bits per heavy atom. The van der Waals surface area contributed by atoms with Crippen LogP contribution in [0.25, 0.3) is 0 Å². The van der Waals surface area contributed by atoms with Gasteiger partial charge >= 0.3 is 39.5 Å². The van der Waals surface area contributed by atoms with E-state index < -0.39 is 97.5 Å². The van der Waals surface area contributed by atoms with E-state index in [-0.39, 0.29) is 25.7 Å². The average Bonchev–Trinajstić information content (AvgIpc) is 3.66. The zero-order valence-electron chi connectivity index (χ0n) is 54.2. The van der Waals surface area contributed by atoms with Gasteiger partial charge in [0.05, 0.1) is 26.4 Å². The maximum absolute atomic E-state index is 13.0. The summed E-state index contributed by atoms with van der Waals surface area (Å²) in [4.78, 5) is 71.9. The number of carbonyl (C=O) groups is 4. The van der Waals surface area contributed by atoms with Gasteiger partial charge in [-0.1, -0.05) is 273 Å². The van der Waals surface area contributed by atoms with E-state index in [0.29, 0.717) is 25.7 Å². The van der Waals surface area contributed by atoms with Crippen LogP contribution >= 0.6 is 15.6 Å². The minimum atomic E-state index is -4.94. The summed E-state index contributed by atoms with van der Waals surface area (Å²) < 4.78 is 67.7. The maximum atomic E-state index is 13.0. The van der Waals surface area contributed by atoms with Gasteiger partial charge < -0.3 is 33.8 Å². The smallest absolute Gasteiger partial charge is 0.462 e. The van der Waals surface area contributed by atoms with Crippen LogP contribution < -0.4 is 0 Å². The molecule has 0 aromatic carbocycles. The number of phosphoric ester groups is 2. The Balaban J connectivity index is 5.14. The average molecular weight is 1240 g/mol. The third kappa shape index (κ3) is 56.6. The van der Waals surface area contributed by atoms with Crippen molar-refractivity contribution in [3.05, 3.63) is 0 Å². The van der Waals surface area contributed by atoms with Gasteiger partial charge in [-0.3, -0.25) is 37.3 Å². The SMILES string of the molecule is CCCCCCCCCC(=O)O[C@H](COC(=O)CCCCCCC)COP(=O)(O)OC[C@H](O)COP(=O)(O)OC[C@@H](COC(=O)CCCCCCCCCCCCC(C)CC)OC(=O)CCCCCCCCCCCCCCCCC(C)CC. The molecule has 84 heavy (non-hydrogen) atoms. The molecule has 0 aromatic rings. The van der Waals surface area contributed by atoms with Gasteiger partial charge in [-0.05, 0) is 37.5 Å². The second-order valence-electron chi connectivity index (χ2n) is 24.0. The number of hydrogen-bond acceptors (Lipinski definition) is 15. The van der Waals surface area contributed by atoms with Gasteiger partial charge in [0.2, 0.25) is 0 Å². The molecule has 19 heteroatoms. The van der Waals surface area contributed by atoms with Crippen LogP contribution in [0, 0.1) is 11.8 Å². The van der Waals surface area contributed by atoms with E-state index >= 15 is 0 Å². The van der Waals surface area contributed by atoms with Gasteiger partial charge in [-0.15, -0.1) is 0 Å². The second kappa shape index (κ2) is 57.5. The van der Waals surface area contributed by atoms with E-state index in [4.69, 9.17) is 37.0 Å². The minimum absolute atomic E-state index is 0.103. The molecular weight excluding hydrogens is 1110 g/mol. The number of esters is 4. The van der Waals surface area contributed by atoms with Gasteiger partial charge in [0.15, 0.2) is 12.2 Å². The number of ether oxygens (including phenoxy) is 4. The molecule has 3 N–H and O–H groups in total. The molecule has 4 unspecified atom stereocenters. The summed E-state index contributed by atoms with van der Waals surface area (Å²) in [7, 11) is -9.87. The Morgan fingerprint density at radius 3 is 0.845 bits per heavy atom. The third-order valence-corrected chi connectivity index (χ3v) is 17.6. The van der Waals surface area contributed by atoms with Crippen LogP contribution in [0.5, 0.6) is 0 Å². The van der Waals surface area contributed by atoms with Crippen LogP contribution in [0.2, 0.25) is 0 Å². The summed E-state index contributed by atoms with van der Waals surface area (Å²) in [6, 6.07) is 0. The molecule has 0 aromatic heterocycles. The lowest BCUT2D eigenvalue weighted by Crippen LogP contribution is -2.30. The lowest BCUT2D eigenvalue weighted by Gasteiger charge is -2.21. The Labute approximate surface area is 511 Å². The summed E-state index contributed by atoms with van der Waals surface area (Å²) in [6.07, 6.45) is 40.7. The Hall–Kier alpha value is -1.94. The highest BCUT2D eigenvalue weighted by atomic mass is 31.2. The van der Waals surface area contributed by atoms with Gasteiger partial charge in [0.1, 0.15) is 19.3 Å². The second-order valence-corrected chi connectivity index (χ2v) is 26.9. The molecule has 0 aliphatic carbocycles. The van der Waals surface area contributed by atoms with Crippen LogP contribution in [0.15, 0.2) is 0 Å². The van der Waals surface area contributed by atoms with E-state index in [2.05, 4.69) is 41.5 Å². The van der Waals surface area contributed by atoms with Crippen LogP contribution in [0.1, 0.15) is 324 Å². The Bertz CT molecular complexity index is 1650. The number of rotatable bonds is 64. The predicted octanol–water partition coefficient (Wildman–Crippen LogP) is 18.0. The lowest BCUT2D eigenvalue weighted by atomic mass is 9.99. The predicted molar refractivity (Wildman–Crippen MR) is 335 cm³/mol. The van der Waals surface area contributed by atoms with Crippen molar-refractivity contribution in [2.45, 2.75) is 342 Å². The van der Waals surface area contributed by atoms with E-state index in [9.17, 15) is 43.2 Å². The van der Waals surface area contributed by atoms with Crippen LogP contribution in [-0.2, 0) is 65.4 Å². The number of unbranched alkanes of at least 4 members (excludes halogenated alkanes) is 32. The number of hydrogen-bond donors (Lipinski definition) is 3. The van der Waals surface area contributed by atoms with Crippen LogP contribution in [0.3, 0.4) is 0 Å². The molecule has 0 rings (SSSR count). The number of aliphatic hydroxyl groups excluding tert-OH is 1. The van der Waals surface area contributed by atoms with Gasteiger partial charge in [0, 0.05) is 25.7 Å². The first-order chi connectivity index (χ1) is 40.4. The lowest BCUT2D eigenvalue weighted by molar-refractivity contribution is -0.161. The molecule has 0 saturated carbocycles. The monoisotopic (exact) mass is 1240 g/mol. The first-order valence-electron chi connectivity index (χ1n) is 34.1. The fraction of sp³-hybridized carbons (Fsp3) is 0.938. The molecule has 0 amide bonds. The normalized spacial score (nSPS) is 14.9. The fourth-order valence-electron chi connectivity index (χ4n) is 9.64. The summed E-state index contributed by atoms with van der Waals surface area (Å²) in [6.45, 7) is 9.46. The molecule has 0 spiro atoms. The molecule has 0 radical (unpaired) electrons. The molecule has 0 aliphatic heterocycles. The van der Waals surface area contributed by atoms with Crippen molar-refractivity contribution < 1.29 is 80.2 Å². The molecule has 17 nitrogen and oxygen atoms in total. The van der Waals surface area contributed by atoms with E-state index in [0.717, 1.165) is 121 Å². The maximum Gasteiger partial charge on any atom is 0.472 e. The van der Waals surface area contributed by atoms with Crippen molar-refractivity contribution in [1.29, 1.82) is 0 Å². The highest BCUT2D eigenvalue weighted by molar-refractivity contribution is 7.47. The van der Waals surface area contributed by atoms with Gasteiger partial charge in [-0.25, -0.2) is 9.13 Å². The number of carbonyl (C=O) groups excluding carboxylic acids is 4. The molecule has 0 saturated heterocycles. The van der Waals surface area contributed by atoms with Crippen molar-refractivity contribution in [3.63, 3.8) is 0 Å². The number of phosphoric acid groups is 2. The third-order valence-electron chi connectivity index (χ3n) is 15.7. The van der Waals surface area contributed by atoms with Crippen molar-refractivity contribution in [2.24, 2.45) is 11.8 Å². The van der Waals surface area contributed by atoms with Crippen molar-refractivity contribution in [2.75, 3.05) is 39.6 Å². The summed E-state index contributed by atoms with van der Waals surface area (Å²) in [5.41, 5.74) is 0. The zero-order chi connectivity index (χ0) is 62.2. The van der Waals surface area contributed by atoms with Crippen molar-refractivity contribution in [3.8, 4) is 0 Å². The highest BCUT2D eigenvalue weighted by Gasteiger charge is 2.30. The van der Waals surface area contributed by atoms with Crippen molar-refractivity contribution in [1.82, 2.24) is 0 Å².